The molecular weight excluding hydrogens is 402 g/mol. The van der Waals surface area contributed by atoms with E-state index in [0.717, 1.165) is 54.4 Å². The normalized spacial score (nSPS) is 20.8. The molecule has 0 spiro atoms. The summed E-state index contributed by atoms with van der Waals surface area (Å²) in [4.78, 5) is 15.1. The Bertz CT molecular complexity index is 1110. The maximum atomic E-state index is 13.3. The third kappa shape index (κ3) is 4.15. The predicted molar refractivity (Wildman–Crippen MR) is 122 cm³/mol. The summed E-state index contributed by atoms with van der Waals surface area (Å²) in [5.74, 6) is 0.600. The van der Waals surface area contributed by atoms with Crippen molar-refractivity contribution >= 4 is 5.91 Å². The van der Waals surface area contributed by atoms with Crippen LogP contribution < -0.4 is 4.74 Å². The number of aliphatic hydroxyl groups excluding tert-OH is 1. The summed E-state index contributed by atoms with van der Waals surface area (Å²) in [6, 6.07) is 14.1. The van der Waals surface area contributed by atoms with Crippen LogP contribution in [0.1, 0.15) is 53.6 Å². The molecule has 1 aromatic heterocycles. The number of carbonyl (C=O) groups is 1. The Morgan fingerprint density at radius 3 is 2.66 bits per heavy atom. The van der Waals surface area contributed by atoms with Gasteiger partial charge in [0.05, 0.1) is 17.9 Å². The molecule has 1 saturated carbocycles. The standard InChI is InChI=1S/C26H29N3O3/c1-28-16-21(14-27-28)19-12-10-18(11-13-19)15-29-17-20-6-5-9-24(25(20)26(29)31)32-23-8-4-2-3-7-22(23)30/h5-6,9-14,16,22-23,30H,2-4,7-8,15,17H2,1H3. The smallest absolute Gasteiger partial charge is 0.258 e. The highest BCUT2D eigenvalue weighted by Gasteiger charge is 2.32. The van der Waals surface area contributed by atoms with E-state index in [1.165, 1.54) is 0 Å². The van der Waals surface area contributed by atoms with Crippen LogP contribution in [0, 0.1) is 0 Å². The molecule has 5 rings (SSSR count). The van der Waals surface area contributed by atoms with Gasteiger partial charge in [0.1, 0.15) is 11.9 Å². The van der Waals surface area contributed by atoms with Gasteiger partial charge in [0.2, 0.25) is 0 Å². The molecule has 32 heavy (non-hydrogen) atoms. The second kappa shape index (κ2) is 8.79. The van der Waals surface area contributed by atoms with Gasteiger partial charge in [-0.15, -0.1) is 0 Å². The lowest BCUT2D eigenvalue weighted by Gasteiger charge is -2.23. The molecule has 2 heterocycles. The Morgan fingerprint density at radius 2 is 1.88 bits per heavy atom. The molecule has 2 aliphatic rings. The Balaban J connectivity index is 1.31. The Kier molecular flexibility index (Phi) is 5.70. The second-order valence-electron chi connectivity index (χ2n) is 8.91. The number of aliphatic hydroxyl groups is 1. The number of hydrogen-bond donors (Lipinski definition) is 1. The maximum absolute atomic E-state index is 13.3. The van der Waals surface area contributed by atoms with E-state index < -0.39 is 6.10 Å². The van der Waals surface area contributed by atoms with E-state index in [9.17, 15) is 9.90 Å². The maximum Gasteiger partial charge on any atom is 0.258 e. The summed E-state index contributed by atoms with van der Waals surface area (Å²) in [7, 11) is 1.91. The van der Waals surface area contributed by atoms with Crippen LogP contribution in [0.3, 0.4) is 0 Å². The molecule has 2 atom stereocenters. The first-order valence-electron chi connectivity index (χ1n) is 11.4. The minimum Gasteiger partial charge on any atom is -0.487 e. The Labute approximate surface area is 188 Å². The minimum absolute atomic E-state index is 0.00459. The monoisotopic (exact) mass is 431 g/mol. The van der Waals surface area contributed by atoms with Gasteiger partial charge < -0.3 is 14.7 Å². The molecule has 1 aliphatic carbocycles. The van der Waals surface area contributed by atoms with E-state index in [2.05, 4.69) is 29.4 Å². The highest BCUT2D eigenvalue weighted by atomic mass is 16.5. The molecule has 6 heteroatoms. The SMILES string of the molecule is Cn1cc(-c2ccc(CN3Cc4cccc(OC5CCCCCC5O)c4C3=O)cc2)cn1. The van der Waals surface area contributed by atoms with Crippen molar-refractivity contribution < 1.29 is 14.6 Å². The zero-order chi connectivity index (χ0) is 22.1. The number of rotatable bonds is 5. The largest absolute Gasteiger partial charge is 0.487 e. The fraction of sp³-hybridized carbons (Fsp3) is 0.385. The van der Waals surface area contributed by atoms with E-state index >= 15 is 0 Å². The van der Waals surface area contributed by atoms with Crippen molar-refractivity contribution in [1.29, 1.82) is 0 Å². The zero-order valence-electron chi connectivity index (χ0n) is 18.4. The van der Waals surface area contributed by atoms with Gasteiger partial charge in [0, 0.05) is 31.9 Å². The van der Waals surface area contributed by atoms with Gasteiger partial charge in [-0.1, -0.05) is 49.2 Å². The fourth-order valence-electron chi connectivity index (χ4n) is 4.76. The number of carbonyl (C=O) groups excluding carboxylic acids is 1. The van der Waals surface area contributed by atoms with Crippen molar-refractivity contribution in [2.24, 2.45) is 7.05 Å². The predicted octanol–water partition coefficient (Wildman–Crippen LogP) is 4.32. The van der Waals surface area contributed by atoms with Gasteiger partial charge in [-0.05, 0) is 42.0 Å². The molecule has 0 bridgehead atoms. The third-order valence-electron chi connectivity index (χ3n) is 6.54. The van der Waals surface area contributed by atoms with Crippen LogP contribution in [0.15, 0.2) is 54.9 Å². The van der Waals surface area contributed by atoms with E-state index in [4.69, 9.17) is 4.74 Å². The number of benzene rings is 2. The molecule has 1 amide bonds. The van der Waals surface area contributed by atoms with Crippen molar-refractivity contribution in [3.8, 4) is 16.9 Å². The lowest BCUT2D eigenvalue weighted by molar-refractivity contribution is 0.0311. The van der Waals surface area contributed by atoms with Crippen LogP contribution in [-0.2, 0) is 20.1 Å². The van der Waals surface area contributed by atoms with Crippen LogP contribution in [0.4, 0.5) is 0 Å². The van der Waals surface area contributed by atoms with Crippen LogP contribution in [0.5, 0.6) is 5.75 Å². The molecule has 6 nitrogen and oxygen atoms in total. The molecule has 1 N–H and O–H groups in total. The van der Waals surface area contributed by atoms with Crippen molar-refractivity contribution in [3.63, 3.8) is 0 Å². The van der Waals surface area contributed by atoms with Crippen LogP contribution in [-0.4, -0.2) is 37.9 Å². The first-order valence-corrected chi connectivity index (χ1v) is 11.4. The van der Waals surface area contributed by atoms with Gasteiger partial charge in [-0.3, -0.25) is 9.48 Å². The summed E-state index contributed by atoms with van der Waals surface area (Å²) < 4.78 is 8.01. The summed E-state index contributed by atoms with van der Waals surface area (Å²) in [5.41, 5.74) is 4.90. The van der Waals surface area contributed by atoms with Gasteiger partial charge in [-0.25, -0.2) is 0 Å². The van der Waals surface area contributed by atoms with Crippen molar-refractivity contribution in [2.75, 3.05) is 0 Å². The lowest BCUT2D eigenvalue weighted by Crippen LogP contribution is -2.31. The number of ether oxygens (including phenoxy) is 1. The van der Waals surface area contributed by atoms with Gasteiger partial charge in [0.25, 0.3) is 5.91 Å². The second-order valence-corrected chi connectivity index (χ2v) is 8.91. The molecule has 1 fully saturated rings. The summed E-state index contributed by atoms with van der Waals surface area (Å²) in [6.07, 6.45) is 7.90. The average Bonchev–Trinajstić information content (AvgIpc) is 3.30. The van der Waals surface area contributed by atoms with E-state index in [1.54, 1.807) is 4.68 Å². The Hall–Kier alpha value is -3.12. The third-order valence-corrected chi connectivity index (χ3v) is 6.54. The number of aromatic nitrogens is 2. The molecule has 3 aromatic rings. The van der Waals surface area contributed by atoms with E-state index in [-0.39, 0.29) is 12.0 Å². The first-order chi connectivity index (χ1) is 15.6. The lowest BCUT2D eigenvalue weighted by atomic mass is 10.1. The molecule has 166 valence electrons. The number of nitrogens with zero attached hydrogens (tertiary/aromatic N) is 3. The minimum atomic E-state index is -0.473. The number of fused-ring (bicyclic) bond motifs is 1. The molecule has 0 saturated heterocycles. The molecular formula is C26H29N3O3. The molecule has 1 aliphatic heterocycles. The van der Waals surface area contributed by atoms with Gasteiger partial charge >= 0.3 is 0 Å². The number of amides is 1. The van der Waals surface area contributed by atoms with E-state index in [0.29, 0.717) is 24.4 Å². The molecule has 2 aromatic carbocycles. The highest BCUT2D eigenvalue weighted by Crippen LogP contribution is 2.34. The van der Waals surface area contributed by atoms with Gasteiger partial charge in [0.15, 0.2) is 0 Å². The number of aryl methyl sites for hydroxylation is 1. The molecule has 0 radical (unpaired) electrons. The van der Waals surface area contributed by atoms with Crippen molar-refractivity contribution in [3.05, 3.63) is 71.5 Å². The topological polar surface area (TPSA) is 67.6 Å². The zero-order valence-corrected chi connectivity index (χ0v) is 18.4. The Morgan fingerprint density at radius 1 is 1.06 bits per heavy atom. The van der Waals surface area contributed by atoms with E-state index in [1.807, 2.05) is 42.5 Å². The fourth-order valence-corrected chi connectivity index (χ4v) is 4.76. The van der Waals surface area contributed by atoms with Crippen LogP contribution >= 0.6 is 0 Å². The summed E-state index contributed by atoms with van der Waals surface area (Å²) in [6.45, 7) is 1.12. The quantitative estimate of drug-likeness (QED) is 0.611. The van der Waals surface area contributed by atoms with Crippen molar-refractivity contribution in [2.45, 2.75) is 57.4 Å². The van der Waals surface area contributed by atoms with Crippen LogP contribution in [0.25, 0.3) is 11.1 Å². The number of hydrogen-bond acceptors (Lipinski definition) is 4. The molecule has 2 unspecified atom stereocenters. The van der Waals surface area contributed by atoms with Crippen molar-refractivity contribution in [1.82, 2.24) is 14.7 Å². The van der Waals surface area contributed by atoms with Crippen LogP contribution in [0.2, 0.25) is 0 Å². The average molecular weight is 432 g/mol. The summed E-state index contributed by atoms with van der Waals surface area (Å²) >= 11 is 0. The highest BCUT2D eigenvalue weighted by molar-refractivity contribution is 6.01. The first kappa shape index (κ1) is 20.8. The summed E-state index contributed by atoms with van der Waals surface area (Å²) in [5, 5.41) is 14.7. The van der Waals surface area contributed by atoms with Gasteiger partial charge in [-0.2, -0.15) is 5.10 Å².